The second-order valence-electron chi connectivity index (χ2n) is 14.6. The largest absolute Gasteiger partial charge is 0.450 e. The molecule has 9 aromatic rings. The van der Waals surface area contributed by atoms with E-state index in [-0.39, 0.29) is 5.41 Å². The maximum atomic E-state index is 6.30. The van der Waals surface area contributed by atoms with Crippen molar-refractivity contribution in [2.45, 2.75) is 19.3 Å². The molecular weight excluding hydrogens is 663 g/mol. The van der Waals surface area contributed by atoms with Crippen LogP contribution in [0.1, 0.15) is 30.7 Å². The van der Waals surface area contributed by atoms with Gasteiger partial charge in [-0.05, 0) is 81.6 Å². The molecule has 3 heterocycles. The third-order valence-electron chi connectivity index (χ3n) is 11.1. The molecule has 0 amide bonds. The summed E-state index contributed by atoms with van der Waals surface area (Å²) in [5, 5.41) is 4.67. The Bertz CT molecular complexity index is 3010. The summed E-state index contributed by atoms with van der Waals surface area (Å²) in [6, 6.07) is 54.8. The molecule has 2 aliphatic rings. The van der Waals surface area contributed by atoms with Gasteiger partial charge in [-0.1, -0.05) is 129 Å². The van der Waals surface area contributed by atoms with Crippen LogP contribution >= 0.6 is 0 Å². The third kappa shape index (κ3) is 4.58. The van der Waals surface area contributed by atoms with Crippen LogP contribution in [-0.2, 0) is 5.41 Å². The second kappa shape index (κ2) is 11.5. The normalized spacial score (nSPS) is 13.9. The summed E-state index contributed by atoms with van der Waals surface area (Å²) in [6.07, 6.45) is 2.27. The molecule has 0 atom stereocenters. The number of hydrogen-bond acceptors (Lipinski definition) is 4. The Morgan fingerprint density at radius 1 is 0.500 bits per heavy atom. The first kappa shape index (κ1) is 30.6. The summed E-state index contributed by atoms with van der Waals surface area (Å²) < 4.78 is 14.7. The summed E-state index contributed by atoms with van der Waals surface area (Å²) in [5.74, 6) is 3.49. The van der Waals surface area contributed by atoms with E-state index in [9.17, 15) is 0 Å². The van der Waals surface area contributed by atoms with Crippen molar-refractivity contribution in [3.05, 3.63) is 175 Å². The van der Waals surface area contributed by atoms with Crippen LogP contribution in [0.2, 0.25) is 0 Å². The Labute approximate surface area is 312 Å². The van der Waals surface area contributed by atoms with Crippen molar-refractivity contribution in [3.63, 3.8) is 0 Å². The van der Waals surface area contributed by atoms with Crippen LogP contribution in [0.25, 0.3) is 72.6 Å². The molecule has 1 aliphatic carbocycles. The maximum Gasteiger partial charge on any atom is 0.235 e. The van der Waals surface area contributed by atoms with Gasteiger partial charge in [-0.15, -0.1) is 0 Å². The molecule has 5 nitrogen and oxygen atoms in total. The highest BCUT2D eigenvalue weighted by atomic mass is 16.6. The van der Waals surface area contributed by atoms with Crippen molar-refractivity contribution in [2.75, 3.05) is 0 Å². The van der Waals surface area contributed by atoms with Crippen LogP contribution in [0.15, 0.2) is 158 Å². The maximum absolute atomic E-state index is 6.30. The predicted octanol–water partition coefficient (Wildman–Crippen LogP) is 12.8. The molecule has 0 N–H and O–H groups in total. The van der Waals surface area contributed by atoms with Crippen LogP contribution in [0.4, 0.5) is 0 Å². The second-order valence-corrected chi connectivity index (χ2v) is 14.6. The fraction of sp³-hybridized carbons (Fsp3) is 0.0612. The molecule has 0 fully saturated rings. The van der Waals surface area contributed by atoms with Crippen LogP contribution in [0.3, 0.4) is 0 Å². The first-order valence-corrected chi connectivity index (χ1v) is 18.3. The molecule has 11 rings (SSSR count). The standard InChI is InChI=1S/C49H33N3O2/c1-49(2)37(31-14-5-3-6-15-31)29-38-46(49)47(32-16-7-4-8-17-32)51-48(50-38)52-39-24-22-33(27-36(39)45-35-18-10-9-13-30(35)21-25-40(45)52)34-23-26-43-44(28-34)54-42-20-12-11-19-41(42)53-43/h3-29H,1-2H3. The number of fused-ring (bicyclic) bond motifs is 8. The monoisotopic (exact) mass is 695 g/mol. The van der Waals surface area contributed by atoms with E-state index in [1.54, 1.807) is 0 Å². The van der Waals surface area contributed by atoms with Gasteiger partial charge in [-0.25, -0.2) is 9.97 Å². The molecule has 0 radical (unpaired) electrons. The summed E-state index contributed by atoms with van der Waals surface area (Å²) in [5.41, 5.74) is 10.5. The molecule has 0 saturated heterocycles. The number of benzene rings is 7. The highest BCUT2D eigenvalue weighted by molar-refractivity contribution is 6.21. The van der Waals surface area contributed by atoms with Crippen LogP contribution in [0, 0.1) is 0 Å². The zero-order chi connectivity index (χ0) is 36.0. The minimum absolute atomic E-state index is 0.308. The molecule has 5 heteroatoms. The highest BCUT2D eigenvalue weighted by Gasteiger charge is 2.38. The van der Waals surface area contributed by atoms with E-state index in [0.717, 1.165) is 55.8 Å². The van der Waals surface area contributed by atoms with E-state index in [4.69, 9.17) is 19.4 Å². The molecule has 0 bridgehead atoms. The van der Waals surface area contributed by atoms with Gasteiger partial charge in [0.25, 0.3) is 0 Å². The van der Waals surface area contributed by atoms with Crippen LogP contribution < -0.4 is 9.47 Å². The fourth-order valence-corrected chi connectivity index (χ4v) is 8.50. The Morgan fingerprint density at radius 2 is 1.13 bits per heavy atom. The smallest absolute Gasteiger partial charge is 0.235 e. The third-order valence-corrected chi connectivity index (χ3v) is 11.1. The Kier molecular flexibility index (Phi) is 6.53. The molecular formula is C49H33N3O2. The Morgan fingerprint density at radius 3 is 1.93 bits per heavy atom. The van der Waals surface area contributed by atoms with Gasteiger partial charge in [0.2, 0.25) is 5.95 Å². The summed E-state index contributed by atoms with van der Waals surface area (Å²) in [7, 11) is 0. The lowest BCUT2D eigenvalue weighted by atomic mass is 9.77. The van der Waals surface area contributed by atoms with E-state index in [1.807, 2.05) is 30.3 Å². The highest BCUT2D eigenvalue weighted by Crippen LogP contribution is 2.50. The summed E-state index contributed by atoms with van der Waals surface area (Å²) in [6.45, 7) is 4.58. The van der Waals surface area contributed by atoms with Gasteiger partial charge in [-0.2, -0.15) is 0 Å². The van der Waals surface area contributed by atoms with Gasteiger partial charge < -0.3 is 9.47 Å². The molecule has 0 spiro atoms. The van der Waals surface area contributed by atoms with Crippen molar-refractivity contribution in [1.29, 1.82) is 0 Å². The summed E-state index contributed by atoms with van der Waals surface area (Å²) in [4.78, 5) is 10.9. The lowest BCUT2D eigenvalue weighted by Gasteiger charge is -2.27. The quantitative estimate of drug-likeness (QED) is 0.184. The molecule has 2 aromatic heterocycles. The lowest BCUT2D eigenvalue weighted by Crippen LogP contribution is -2.19. The minimum Gasteiger partial charge on any atom is -0.450 e. The number of para-hydroxylation sites is 2. The zero-order valence-corrected chi connectivity index (χ0v) is 29.7. The molecule has 7 aromatic carbocycles. The van der Waals surface area contributed by atoms with Crippen molar-refractivity contribution in [2.24, 2.45) is 0 Å². The van der Waals surface area contributed by atoms with E-state index in [2.05, 4.69) is 152 Å². The van der Waals surface area contributed by atoms with E-state index >= 15 is 0 Å². The average molecular weight is 696 g/mol. The molecule has 54 heavy (non-hydrogen) atoms. The first-order chi connectivity index (χ1) is 26.5. The number of allylic oxidation sites excluding steroid dienone is 1. The number of ether oxygens (including phenoxy) is 2. The van der Waals surface area contributed by atoms with Gasteiger partial charge in [0.1, 0.15) is 0 Å². The van der Waals surface area contributed by atoms with Crippen molar-refractivity contribution >= 4 is 44.2 Å². The topological polar surface area (TPSA) is 49.2 Å². The fourth-order valence-electron chi connectivity index (χ4n) is 8.50. The van der Waals surface area contributed by atoms with E-state index in [1.165, 1.54) is 27.3 Å². The number of hydrogen-bond donors (Lipinski definition) is 0. The van der Waals surface area contributed by atoms with Gasteiger partial charge in [0.05, 0.1) is 22.4 Å². The van der Waals surface area contributed by atoms with E-state index < -0.39 is 0 Å². The molecule has 1 aliphatic heterocycles. The van der Waals surface area contributed by atoms with Crippen LogP contribution in [0.5, 0.6) is 23.0 Å². The van der Waals surface area contributed by atoms with E-state index in [0.29, 0.717) is 23.2 Å². The van der Waals surface area contributed by atoms with Gasteiger partial charge in [-0.3, -0.25) is 4.57 Å². The SMILES string of the molecule is CC1(C)C(c2ccccc2)=Cc2nc(-n3c4ccc(-c5ccc6c(c5)Oc5ccccc5O6)cc4c4c5ccccc5ccc43)nc(-c3ccccc3)c21. The first-order valence-electron chi connectivity index (χ1n) is 18.3. The number of rotatable bonds is 4. The molecule has 0 unspecified atom stereocenters. The Balaban J connectivity index is 1.15. The molecule has 0 saturated carbocycles. The van der Waals surface area contributed by atoms with Crippen molar-refractivity contribution in [1.82, 2.24) is 14.5 Å². The van der Waals surface area contributed by atoms with Gasteiger partial charge in [0, 0.05) is 27.3 Å². The zero-order valence-electron chi connectivity index (χ0n) is 29.7. The van der Waals surface area contributed by atoms with Gasteiger partial charge >= 0.3 is 0 Å². The number of aromatic nitrogens is 3. The van der Waals surface area contributed by atoms with Crippen molar-refractivity contribution in [3.8, 4) is 51.3 Å². The van der Waals surface area contributed by atoms with Gasteiger partial charge in [0.15, 0.2) is 23.0 Å². The van der Waals surface area contributed by atoms with Crippen molar-refractivity contribution < 1.29 is 9.47 Å². The minimum atomic E-state index is -0.308. The summed E-state index contributed by atoms with van der Waals surface area (Å²) >= 11 is 0. The lowest BCUT2D eigenvalue weighted by molar-refractivity contribution is 0.360. The molecule has 256 valence electrons. The predicted molar refractivity (Wildman–Crippen MR) is 219 cm³/mol. The average Bonchev–Trinajstić information content (AvgIpc) is 3.70. The number of nitrogens with zero attached hydrogens (tertiary/aromatic N) is 3. The Hall–Kier alpha value is -6.98. The van der Waals surface area contributed by atoms with Crippen LogP contribution in [-0.4, -0.2) is 14.5 Å².